The molecule has 0 unspecified atom stereocenters. The first-order chi connectivity index (χ1) is 17.3. The molecule has 3 atom stereocenters. The summed E-state index contributed by atoms with van der Waals surface area (Å²) in [4.78, 5) is 48.8. The summed E-state index contributed by atoms with van der Waals surface area (Å²) >= 11 is 0. The van der Waals surface area contributed by atoms with Crippen LogP contribution in [0.3, 0.4) is 0 Å². The van der Waals surface area contributed by atoms with Gasteiger partial charge in [-0.15, -0.1) is 6.58 Å². The van der Waals surface area contributed by atoms with Gasteiger partial charge < -0.3 is 25.8 Å². The van der Waals surface area contributed by atoms with E-state index in [9.17, 15) is 19.2 Å². The number of quaternary nitrogens is 1. The van der Waals surface area contributed by atoms with Gasteiger partial charge in [-0.05, 0) is 49.8 Å². The van der Waals surface area contributed by atoms with Crippen LogP contribution in [0.15, 0.2) is 49.6 Å². The molecule has 0 aromatic heterocycles. The van der Waals surface area contributed by atoms with Gasteiger partial charge in [-0.2, -0.15) is 0 Å². The SMILES string of the molecule is C=CCOc1ccc(C[C@H](NC(C)=O)C(=O)C[C@H](CCCC[NH3+])C(=O)N[C@@H](CC=C)COC=O)cc1. The van der Waals surface area contributed by atoms with Crippen molar-refractivity contribution in [3.63, 3.8) is 0 Å². The summed E-state index contributed by atoms with van der Waals surface area (Å²) in [7, 11) is 0. The van der Waals surface area contributed by atoms with E-state index in [1.807, 2.05) is 12.1 Å². The molecule has 2 amide bonds. The molecule has 0 aliphatic heterocycles. The van der Waals surface area contributed by atoms with Crippen LogP contribution in [-0.4, -0.2) is 55.9 Å². The molecule has 0 saturated heterocycles. The van der Waals surface area contributed by atoms with Crippen molar-refractivity contribution in [2.24, 2.45) is 5.92 Å². The van der Waals surface area contributed by atoms with Crippen molar-refractivity contribution in [3.8, 4) is 5.75 Å². The standard InChI is InChI=1S/C27H39N3O6/c1-4-8-23(18-35-19-31)30-27(34)22(9-6-7-14-28)17-26(33)25(29-20(3)32)16-21-10-12-24(13-11-21)36-15-5-2/h4-5,10-13,19,22-23,25H,1-2,6-9,14-18,28H2,3H3,(H,29,32)(H,30,34)/p+1/t22-,23-,25-/m0/s1. The van der Waals surface area contributed by atoms with Gasteiger partial charge in [-0.1, -0.05) is 30.9 Å². The van der Waals surface area contributed by atoms with Gasteiger partial charge >= 0.3 is 0 Å². The Kier molecular flexibility index (Phi) is 15.2. The molecule has 0 heterocycles. The summed E-state index contributed by atoms with van der Waals surface area (Å²) in [5.74, 6) is -0.751. The minimum absolute atomic E-state index is 0.0157. The average Bonchev–Trinajstić information content (AvgIpc) is 2.85. The monoisotopic (exact) mass is 502 g/mol. The van der Waals surface area contributed by atoms with Gasteiger partial charge in [0.1, 0.15) is 19.0 Å². The zero-order valence-corrected chi connectivity index (χ0v) is 21.2. The van der Waals surface area contributed by atoms with Gasteiger partial charge in [0.15, 0.2) is 5.78 Å². The number of unbranched alkanes of at least 4 members (excludes halogenated alkanes) is 1. The van der Waals surface area contributed by atoms with Gasteiger partial charge in [0.2, 0.25) is 11.8 Å². The number of carbonyl (C=O) groups excluding carboxylic acids is 4. The summed E-state index contributed by atoms with van der Waals surface area (Å²) in [5, 5.41) is 5.60. The first-order valence-electron chi connectivity index (χ1n) is 12.2. The number of Topliss-reactive ketones (excluding diaryl/α,β-unsaturated/α-hetero) is 1. The van der Waals surface area contributed by atoms with E-state index in [2.05, 4.69) is 29.5 Å². The molecule has 0 fully saturated rings. The maximum Gasteiger partial charge on any atom is 0.293 e. The molecule has 0 saturated carbocycles. The smallest absolute Gasteiger partial charge is 0.293 e. The van der Waals surface area contributed by atoms with Gasteiger partial charge in [0.25, 0.3) is 6.47 Å². The van der Waals surface area contributed by atoms with Gasteiger partial charge in [0.05, 0.1) is 18.6 Å². The van der Waals surface area contributed by atoms with E-state index >= 15 is 0 Å². The Hall–Kier alpha value is -3.46. The zero-order chi connectivity index (χ0) is 26.8. The van der Waals surface area contributed by atoms with Crippen LogP contribution in [0.5, 0.6) is 5.75 Å². The Morgan fingerprint density at radius 3 is 2.39 bits per heavy atom. The molecule has 198 valence electrons. The van der Waals surface area contributed by atoms with Crippen molar-refractivity contribution >= 4 is 24.1 Å². The number of amides is 2. The first-order valence-corrected chi connectivity index (χ1v) is 12.2. The second-order valence-corrected chi connectivity index (χ2v) is 8.58. The molecule has 0 bridgehead atoms. The number of carbonyl (C=O) groups is 4. The lowest BCUT2D eigenvalue weighted by atomic mass is 9.90. The van der Waals surface area contributed by atoms with Crippen molar-refractivity contribution in [2.75, 3.05) is 19.8 Å². The fourth-order valence-corrected chi connectivity index (χ4v) is 3.73. The third-order valence-corrected chi connectivity index (χ3v) is 5.53. The Morgan fingerprint density at radius 1 is 1.08 bits per heavy atom. The molecular formula is C27H40N3O6+. The molecule has 0 radical (unpaired) electrons. The molecule has 36 heavy (non-hydrogen) atoms. The highest BCUT2D eigenvalue weighted by atomic mass is 16.5. The number of ketones is 1. The van der Waals surface area contributed by atoms with Crippen LogP contribution < -0.4 is 21.1 Å². The first kappa shape index (κ1) is 30.6. The largest absolute Gasteiger partial charge is 0.490 e. The lowest BCUT2D eigenvalue weighted by molar-refractivity contribution is -0.368. The number of rotatable bonds is 20. The highest BCUT2D eigenvalue weighted by Crippen LogP contribution is 2.18. The predicted octanol–water partition coefficient (Wildman–Crippen LogP) is 1.52. The van der Waals surface area contributed by atoms with Crippen molar-refractivity contribution in [1.29, 1.82) is 0 Å². The van der Waals surface area contributed by atoms with E-state index in [1.54, 1.807) is 24.3 Å². The molecule has 0 aliphatic rings. The summed E-state index contributed by atoms with van der Waals surface area (Å²) in [6, 6.07) is 6.07. The number of hydrogen-bond donors (Lipinski definition) is 3. The maximum atomic E-state index is 13.3. The van der Waals surface area contributed by atoms with E-state index in [4.69, 9.17) is 9.47 Å². The lowest BCUT2D eigenvalue weighted by Crippen LogP contribution is -2.50. The summed E-state index contributed by atoms with van der Waals surface area (Å²) < 4.78 is 10.3. The quantitative estimate of drug-likeness (QED) is 0.140. The maximum absolute atomic E-state index is 13.3. The topological polar surface area (TPSA) is 138 Å². The minimum Gasteiger partial charge on any atom is -0.490 e. The van der Waals surface area contributed by atoms with Gasteiger partial charge in [0, 0.05) is 19.3 Å². The van der Waals surface area contributed by atoms with E-state index in [0.29, 0.717) is 38.1 Å². The number of hydrogen-bond acceptors (Lipinski definition) is 6. The predicted molar refractivity (Wildman–Crippen MR) is 137 cm³/mol. The van der Waals surface area contributed by atoms with E-state index in [1.165, 1.54) is 6.92 Å². The van der Waals surface area contributed by atoms with Crippen LogP contribution in [0.25, 0.3) is 0 Å². The van der Waals surface area contributed by atoms with E-state index < -0.39 is 18.0 Å². The molecule has 0 spiro atoms. The molecule has 9 heteroatoms. The molecule has 5 N–H and O–H groups in total. The van der Waals surface area contributed by atoms with Crippen molar-refractivity contribution in [3.05, 3.63) is 55.1 Å². The fraction of sp³-hybridized carbons (Fsp3) is 0.481. The highest BCUT2D eigenvalue weighted by Gasteiger charge is 2.28. The molecule has 1 rings (SSSR count). The van der Waals surface area contributed by atoms with Crippen molar-refractivity contribution in [2.45, 2.75) is 57.5 Å². The van der Waals surface area contributed by atoms with E-state index in [-0.39, 0.29) is 30.6 Å². The van der Waals surface area contributed by atoms with Crippen LogP contribution in [0.2, 0.25) is 0 Å². The summed E-state index contributed by atoms with van der Waals surface area (Å²) in [5.41, 5.74) is 4.69. The zero-order valence-electron chi connectivity index (χ0n) is 21.2. The number of ether oxygens (including phenoxy) is 2. The number of benzene rings is 1. The molecular weight excluding hydrogens is 462 g/mol. The Bertz CT molecular complexity index is 856. The van der Waals surface area contributed by atoms with Crippen LogP contribution in [0.1, 0.15) is 44.6 Å². The fourth-order valence-electron chi connectivity index (χ4n) is 3.73. The third-order valence-electron chi connectivity index (χ3n) is 5.53. The van der Waals surface area contributed by atoms with Crippen LogP contribution in [-0.2, 0) is 30.3 Å². The third kappa shape index (κ3) is 12.3. The normalized spacial score (nSPS) is 12.9. The Labute approximate surface area is 213 Å². The van der Waals surface area contributed by atoms with Crippen molar-refractivity contribution in [1.82, 2.24) is 10.6 Å². The summed E-state index contributed by atoms with van der Waals surface area (Å²) in [6.45, 7) is 10.1. The summed E-state index contributed by atoms with van der Waals surface area (Å²) in [6.07, 6.45) is 6.04. The molecule has 1 aromatic carbocycles. The molecule has 9 nitrogen and oxygen atoms in total. The second-order valence-electron chi connectivity index (χ2n) is 8.58. The van der Waals surface area contributed by atoms with Crippen LogP contribution in [0, 0.1) is 5.92 Å². The lowest BCUT2D eigenvalue weighted by Gasteiger charge is -2.23. The van der Waals surface area contributed by atoms with Crippen LogP contribution >= 0.6 is 0 Å². The molecule has 1 aromatic rings. The van der Waals surface area contributed by atoms with Gasteiger partial charge in [-0.3, -0.25) is 19.2 Å². The van der Waals surface area contributed by atoms with Crippen molar-refractivity contribution < 1.29 is 34.4 Å². The Balaban J connectivity index is 2.96. The minimum atomic E-state index is -0.770. The average molecular weight is 503 g/mol. The highest BCUT2D eigenvalue weighted by molar-refractivity contribution is 5.92. The molecule has 0 aliphatic carbocycles. The second kappa shape index (κ2) is 17.9. The number of nitrogens with one attached hydrogen (secondary N) is 2. The Morgan fingerprint density at radius 2 is 1.81 bits per heavy atom. The van der Waals surface area contributed by atoms with Gasteiger partial charge in [-0.25, -0.2) is 0 Å². The van der Waals surface area contributed by atoms with Crippen LogP contribution in [0.4, 0.5) is 0 Å². The van der Waals surface area contributed by atoms with E-state index in [0.717, 1.165) is 24.9 Å².